The Hall–Kier alpha value is -1.22. The summed E-state index contributed by atoms with van der Waals surface area (Å²) in [5, 5.41) is 8.68. The van der Waals surface area contributed by atoms with E-state index in [4.69, 9.17) is 5.11 Å². The van der Waals surface area contributed by atoms with Crippen molar-refractivity contribution in [3.63, 3.8) is 0 Å². The lowest BCUT2D eigenvalue weighted by atomic mass is 10.1. The maximum Gasteiger partial charge on any atom is 0.342 e. The van der Waals surface area contributed by atoms with Gasteiger partial charge in [-0.2, -0.15) is 0 Å². The van der Waals surface area contributed by atoms with Crippen LogP contribution in [0, 0.1) is 0 Å². The van der Waals surface area contributed by atoms with E-state index >= 15 is 0 Å². The number of carbonyl (C=O) groups is 1. The number of rotatable bonds is 2. The molecule has 2 nitrogen and oxygen atoms in total. The Bertz CT molecular complexity index is 341. The number of aliphatic carboxylic acids is 1. The zero-order valence-electron chi connectivity index (χ0n) is 7.19. The predicted molar refractivity (Wildman–Crippen MR) is 55.7 cm³/mol. The van der Waals surface area contributed by atoms with Crippen LogP contribution in [0.2, 0.25) is 0 Å². The molecule has 0 bridgehead atoms. The van der Waals surface area contributed by atoms with Gasteiger partial charge in [0.15, 0.2) is 0 Å². The minimum Gasteiger partial charge on any atom is -0.477 e. The molecule has 0 heterocycles. The highest BCUT2D eigenvalue weighted by atomic mass is 32.1. The quantitative estimate of drug-likeness (QED) is 0.560. The predicted octanol–water partition coefficient (Wildman–Crippen LogP) is 2.43. The highest BCUT2D eigenvalue weighted by Gasteiger charge is 2.07. The molecule has 0 unspecified atom stereocenters. The molecule has 0 fully saturated rings. The molecule has 0 aliphatic heterocycles. The van der Waals surface area contributed by atoms with Crippen LogP contribution in [0.4, 0.5) is 0 Å². The molecule has 0 aliphatic rings. The Balaban J connectivity index is 3.11. The minimum absolute atomic E-state index is 0.0891. The van der Waals surface area contributed by atoms with Gasteiger partial charge in [-0.05, 0) is 18.1 Å². The summed E-state index contributed by atoms with van der Waals surface area (Å²) in [6.07, 6.45) is 0. The molecule has 1 rings (SSSR count). The van der Waals surface area contributed by atoms with Crippen molar-refractivity contribution < 1.29 is 9.90 Å². The molecule has 1 aromatic rings. The molecule has 0 spiro atoms. The summed E-state index contributed by atoms with van der Waals surface area (Å²) in [6.45, 7) is 1.74. The molecule has 0 amide bonds. The summed E-state index contributed by atoms with van der Waals surface area (Å²) in [5.74, 6) is -0.996. The molecule has 13 heavy (non-hydrogen) atoms. The molecule has 0 radical (unpaired) electrons. The van der Waals surface area contributed by atoms with E-state index in [1.807, 2.05) is 30.3 Å². The normalized spacial score (nSPS) is 12.2. The topological polar surface area (TPSA) is 37.3 Å². The summed E-state index contributed by atoms with van der Waals surface area (Å²) in [6, 6.07) is 9.32. The smallest absolute Gasteiger partial charge is 0.342 e. The van der Waals surface area contributed by atoms with E-state index in [1.165, 1.54) is 0 Å². The zero-order valence-corrected chi connectivity index (χ0v) is 8.08. The van der Waals surface area contributed by atoms with Gasteiger partial charge in [0, 0.05) is 0 Å². The Labute approximate surface area is 82.3 Å². The average molecular weight is 194 g/mol. The lowest BCUT2D eigenvalue weighted by Crippen LogP contribution is -1.96. The van der Waals surface area contributed by atoms with E-state index in [-0.39, 0.29) is 4.91 Å². The van der Waals surface area contributed by atoms with Crippen molar-refractivity contribution in [2.75, 3.05) is 0 Å². The standard InChI is InChI=1S/C10H10O2S/c1-7(9(13)10(11)12)8-5-3-2-4-6-8/h2-6,13H,1H3,(H,11,12). The van der Waals surface area contributed by atoms with Crippen molar-refractivity contribution in [2.45, 2.75) is 6.92 Å². The van der Waals surface area contributed by atoms with Crippen LogP contribution < -0.4 is 0 Å². The minimum atomic E-state index is -0.996. The fourth-order valence-corrected chi connectivity index (χ4v) is 1.11. The number of hydrogen-bond donors (Lipinski definition) is 2. The van der Waals surface area contributed by atoms with Gasteiger partial charge in [-0.3, -0.25) is 0 Å². The van der Waals surface area contributed by atoms with Crippen molar-refractivity contribution >= 4 is 24.2 Å². The number of hydrogen-bond acceptors (Lipinski definition) is 2. The van der Waals surface area contributed by atoms with Gasteiger partial charge in [-0.1, -0.05) is 30.3 Å². The number of thiol groups is 1. The fourth-order valence-electron chi connectivity index (χ4n) is 0.985. The van der Waals surface area contributed by atoms with Crippen LogP contribution in [0.5, 0.6) is 0 Å². The van der Waals surface area contributed by atoms with E-state index in [1.54, 1.807) is 6.92 Å². The molecule has 0 atom stereocenters. The van der Waals surface area contributed by atoms with Gasteiger partial charge < -0.3 is 5.11 Å². The highest BCUT2D eigenvalue weighted by Crippen LogP contribution is 2.19. The Kier molecular flexibility index (Phi) is 3.14. The number of benzene rings is 1. The van der Waals surface area contributed by atoms with Gasteiger partial charge in [0.25, 0.3) is 0 Å². The second-order valence-electron chi connectivity index (χ2n) is 2.64. The van der Waals surface area contributed by atoms with Crippen LogP contribution in [0.3, 0.4) is 0 Å². The molecule has 1 aromatic carbocycles. The molecule has 0 aromatic heterocycles. The SMILES string of the molecule is CC(=C(S)C(=O)O)c1ccccc1. The van der Waals surface area contributed by atoms with Crippen molar-refractivity contribution in [3.05, 3.63) is 40.8 Å². The summed E-state index contributed by atoms with van der Waals surface area (Å²) in [4.78, 5) is 10.7. The lowest BCUT2D eigenvalue weighted by Gasteiger charge is -2.02. The molecule has 0 saturated heterocycles. The average Bonchev–Trinajstić information content (AvgIpc) is 2.17. The molecule has 0 saturated carbocycles. The van der Waals surface area contributed by atoms with Gasteiger partial charge >= 0.3 is 5.97 Å². The van der Waals surface area contributed by atoms with Gasteiger partial charge in [0.1, 0.15) is 0 Å². The highest BCUT2D eigenvalue weighted by molar-refractivity contribution is 7.85. The summed E-state index contributed by atoms with van der Waals surface area (Å²) < 4.78 is 0. The van der Waals surface area contributed by atoms with Crippen LogP contribution in [-0.4, -0.2) is 11.1 Å². The first-order valence-electron chi connectivity index (χ1n) is 3.81. The van der Waals surface area contributed by atoms with E-state index in [0.29, 0.717) is 5.57 Å². The van der Waals surface area contributed by atoms with E-state index < -0.39 is 5.97 Å². The Morgan fingerprint density at radius 2 is 1.85 bits per heavy atom. The lowest BCUT2D eigenvalue weighted by molar-refractivity contribution is -0.131. The molecular formula is C10H10O2S. The fraction of sp³-hybridized carbons (Fsp3) is 0.100. The van der Waals surface area contributed by atoms with Crippen LogP contribution in [0.25, 0.3) is 5.57 Å². The second kappa shape index (κ2) is 4.14. The number of carboxylic acids is 1. The zero-order chi connectivity index (χ0) is 9.84. The third-order valence-corrected chi connectivity index (χ3v) is 2.29. The van der Waals surface area contributed by atoms with Gasteiger partial charge in [-0.25, -0.2) is 4.79 Å². The largest absolute Gasteiger partial charge is 0.477 e. The third kappa shape index (κ3) is 2.36. The maximum absolute atomic E-state index is 10.6. The van der Waals surface area contributed by atoms with Gasteiger partial charge in [0.05, 0.1) is 4.91 Å². The number of carboxylic acid groups (broad SMARTS) is 1. The molecule has 1 N–H and O–H groups in total. The van der Waals surface area contributed by atoms with Crippen molar-refractivity contribution in [1.29, 1.82) is 0 Å². The third-order valence-electron chi connectivity index (χ3n) is 1.76. The van der Waals surface area contributed by atoms with E-state index in [9.17, 15) is 4.79 Å². The van der Waals surface area contributed by atoms with E-state index in [0.717, 1.165) is 5.56 Å². The Morgan fingerprint density at radius 1 is 1.31 bits per heavy atom. The van der Waals surface area contributed by atoms with Crippen LogP contribution >= 0.6 is 12.6 Å². The van der Waals surface area contributed by atoms with Crippen LogP contribution in [0.1, 0.15) is 12.5 Å². The Morgan fingerprint density at radius 3 is 2.31 bits per heavy atom. The van der Waals surface area contributed by atoms with Crippen molar-refractivity contribution in [3.8, 4) is 0 Å². The second-order valence-corrected chi connectivity index (χ2v) is 3.09. The summed E-state index contributed by atoms with van der Waals surface area (Å²) in [5.41, 5.74) is 1.56. The van der Waals surface area contributed by atoms with Gasteiger partial charge in [-0.15, -0.1) is 12.6 Å². The first-order chi connectivity index (χ1) is 6.13. The molecule has 0 aliphatic carbocycles. The maximum atomic E-state index is 10.6. The summed E-state index contributed by atoms with van der Waals surface area (Å²) in [7, 11) is 0. The monoisotopic (exact) mass is 194 g/mol. The van der Waals surface area contributed by atoms with Crippen LogP contribution in [-0.2, 0) is 4.79 Å². The van der Waals surface area contributed by atoms with E-state index in [2.05, 4.69) is 12.6 Å². The first kappa shape index (κ1) is 9.86. The molecule has 3 heteroatoms. The van der Waals surface area contributed by atoms with Crippen molar-refractivity contribution in [1.82, 2.24) is 0 Å². The molecule has 68 valence electrons. The van der Waals surface area contributed by atoms with Gasteiger partial charge in [0.2, 0.25) is 0 Å². The summed E-state index contributed by atoms with van der Waals surface area (Å²) >= 11 is 3.91. The van der Waals surface area contributed by atoms with Crippen molar-refractivity contribution in [2.24, 2.45) is 0 Å². The van der Waals surface area contributed by atoms with Crippen LogP contribution in [0.15, 0.2) is 35.2 Å². The molecular weight excluding hydrogens is 184 g/mol. The number of allylic oxidation sites excluding steroid dienone is 1. The first-order valence-corrected chi connectivity index (χ1v) is 4.26.